The maximum absolute atomic E-state index is 12.3. The molecule has 3 aromatic rings. The molecule has 0 spiro atoms. The molecule has 3 rings (SSSR count). The Morgan fingerprint density at radius 3 is 2.54 bits per heavy atom. The number of aryl methyl sites for hydroxylation is 1. The van der Waals surface area contributed by atoms with Crippen molar-refractivity contribution < 1.29 is 27.8 Å². The lowest BCUT2D eigenvalue weighted by Crippen LogP contribution is -2.17. The van der Waals surface area contributed by atoms with Gasteiger partial charge in [0.2, 0.25) is 0 Å². The Balaban J connectivity index is 2.17. The highest BCUT2D eigenvalue weighted by atomic mass is 32.1. The number of halogens is 3. The molecule has 0 saturated carbocycles. The zero-order chi connectivity index (χ0) is 17.5. The van der Waals surface area contributed by atoms with Gasteiger partial charge in [0, 0.05) is 10.3 Å². The molecule has 8 heteroatoms. The number of aromatic carboxylic acids is 1. The fourth-order valence-corrected chi connectivity index (χ4v) is 3.11. The second-order valence-corrected chi connectivity index (χ2v) is 6.29. The maximum atomic E-state index is 12.3. The van der Waals surface area contributed by atoms with Crippen LogP contribution in [0.1, 0.15) is 15.2 Å². The summed E-state index contributed by atoms with van der Waals surface area (Å²) in [4.78, 5) is 17.7. The van der Waals surface area contributed by atoms with Crippen LogP contribution in [0.25, 0.3) is 21.5 Å². The molecule has 0 saturated heterocycles. The highest BCUT2D eigenvalue weighted by molar-refractivity contribution is 7.15. The molecule has 2 heterocycles. The van der Waals surface area contributed by atoms with Crippen molar-refractivity contribution in [1.29, 1.82) is 0 Å². The zero-order valence-electron chi connectivity index (χ0n) is 12.2. The molecule has 1 aromatic carbocycles. The van der Waals surface area contributed by atoms with Crippen molar-refractivity contribution in [2.75, 3.05) is 0 Å². The molecule has 0 fully saturated rings. The topological polar surface area (TPSA) is 59.4 Å². The smallest absolute Gasteiger partial charge is 0.478 e. The Labute approximate surface area is 138 Å². The number of rotatable bonds is 3. The van der Waals surface area contributed by atoms with Crippen LogP contribution in [0, 0.1) is 6.92 Å². The van der Waals surface area contributed by atoms with Crippen molar-refractivity contribution in [2.45, 2.75) is 13.3 Å². The van der Waals surface area contributed by atoms with E-state index in [1.54, 1.807) is 0 Å². The van der Waals surface area contributed by atoms with Crippen molar-refractivity contribution >= 4 is 28.2 Å². The predicted octanol–water partition coefficient (Wildman–Crippen LogP) is 4.87. The van der Waals surface area contributed by atoms with Crippen molar-refractivity contribution in [1.82, 2.24) is 4.98 Å². The molecular weight excluding hydrogens is 343 g/mol. The number of carbonyl (C=O) groups is 1. The van der Waals surface area contributed by atoms with Crippen molar-refractivity contribution in [3.63, 3.8) is 0 Å². The number of carboxylic acids is 1. The number of hydrogen-bond donors (Lipinski definition) is 1. The van der Waals surface area contributed by atoms with Crippen LogP contribution in [0.3, 0.4) is 0 Å². The van der Waals surface area contributed by atoms with E-state index in [2.05, 4.69) is 9.72 Å². The van der Waals surface area contributed by atoms with Gasteiger partial charge in [-0.05, 0) is 43.3 Å². The Morgan fingerprint density at radius 1 is 1.21 bits per heavy atom. The van der Waals surface area contributed by atoms with Gasteiger partial charge in [0.05, 0.1) is 21.7 Å². The third kappa shape index (κ3) is 3.33. The monoisotopic (exact) mass is 353 g/mol. The van der Waals surface area contributed by atoms with Gasteiger partial charge in [-0.3, -0.25) is 0 Å². The van der Waals surface area contributed by atoms with Crippen molar-refractivity contribution in [3.05, 3.63) is 46.8 Å². The lowest BCUT2D eigenvalue weighted by Gasteiger charge is -2.11. The summed E-state index contributed by atoms with van der Waals surface area (Å²) in [7, 11) is 0. The molecule has 0 bridgehead atoms. The number of alkyl halides is 3. The Morgan fingerprint density at radius 2 is 1.96 bits per heavy atom. The summed E-state index contributed by atoms with van der Waals surface area (Å²) in [6.45, 7) is 1.91. The highest BCUT2D eigenvalue weighted by Crippen LogP contribution is 2.32. The Hall–Kier alpha value is -2.61. The van der Waals surface area contributed by atoms with Crippen molar-refractivity contribution in [3.8, 4) is 16.3 Å². The SMILES string of the molecule is Cc1ccc(-c2cc(C(=O)O)c3cc(OC(F)(F)F)ccc3n2)s1. The molecule has 0 unspecified atom stereocenters. The van der Waals surface area contributed by atoms with Crippen molar-refractivity contribution in [2.24, 2.45) is 0 Å². The third-order valence-corrected chi connectivity index (χ3v) is 4.26. The summed E-state index contributed by atoms with van der Waals surface area (Å²) in [5, 5.41) is 9.48. The molecule has 124 valence electrons. The highest BCUT2D eigenvalue weighted by Gasteiger charge is 2.31. The van der Waals surface area contributed by atoms with Gasteiger partial charge < -0.3 is 9.84 Å². The van der Waals surface area contributed by atoms with E-state index in [-0.39, 0.29) is 16.5 Å². The molecule has 24 heavy (non-hydrogen) atoms. The summed E-state index contributed by atoms with van der Waals surface area (Å²) in [5.74, 6) is -1.74. The third-order valence-electron chi connectivity index (χ3n) is 3.24. The van der Waals surface area contributed by atoms with Crippen LogP contribution in [0.4, 0.5) is 13.2 Å². The molecular formula is C16H10F3NO3S. The number of benzene rings is 1. The second-order valence-electron chi connectivity index (χ2n) is 5.00. The first-order valence-corrected chi connectivity index (χ1v) is 7.55. The number of nitrogens with zero attached hydrogens (tertiary/aromatic N) is 1. The molecule has 2 aromatic heterocycles. The average molecular weight is 353 g/mol. The van der Waals surface area contributed by atoms with Gasteiger partial charge in [0.1, 0.15) is 5.75 Å². The predicted molar refractivity (Wildman–Crippen MR) is 83.4 cm³/mol. The van der Waals surface area contributed by atoms with Crippen LogP contribution < -0.4 is 4.74 Å². The summed E-state index contributed by atoms with van der Waals surface area (Å²) in [5.41, 5.74) is 0.613. The van der Waals surface area contributed by atoms with E-state index in [0.29, 0.717) is 5.69 Å². The van der Waals surface area contributed by atoms with E-state index < -0.39 is 18.1 Å². The Kier molecular flexibility index (Phi) is 3.92. The molecule has 0 aliphatic rings. The van der Waals surface area contributed by atoms with Gasteiger partial charge in [0.15, 0.2) is 0 Å². The standard InChI is InChI=1S/C16H10F3NO3S/c1-8-2-5-14(24-8)13-7-11(15(21)22)10-6-9(23-16(17,18)19)3-4-12(10)20-13/h2-7H,1H3,(H,21,22). The molecule has 4 nitrogen and oxygen atoms in total. The van der Waals surface area contributed by atoms with Crippen LogP contribution in [-0.4, -0.2) is 22.4 Å². The van der Waals surface area contributed by atoms with Gasteiger partial charge in [-0.25, -0.2) is 9.78 Å². The van der Waals surface area contributed by atoms with Crippen LogP contribution >= 0.6 is 11.3 Å². The first kappa shape index (κ1) is 16.3. The number of pyridine rings is 1. The minimum Gasteiger partial charge on any atom is -0.478 e. The minimum absolute atomic E-state index is 0.0845. The average Bonchev–Trinajstić information content (AvgIpc) is 2.91. The van der Waals surface area contributed by atoms with Gasteiger partial charge in [-0.1, -0.05) is 0 Å². The van der Waals surface area contributed by atoms with Crippen LogP contribution in [0.5, 0.6) is 5.75 Å². The van der Waals surface area contributed by atoms with E-state index in [1.807, 2.05) is 19.1 Å². The molecule has 0 aliphatic carbocycles. The number of thiophene rings is 1. The number of aromatic nitrogens is 1. The lowest BCUT2D eigenvalue weighted by atomic mass is 10.1. The summed E-state index contributed by atoms with van der Waals surface area (Å²) in [6, 6.07) is 8.51. The van der Waals surface area contributed by atoms with Crippen LogP contribution in [0.15, 0.2) is 36.4 Å². The quantitative estimate of drug-likeness (QED) is 0.730. The fraction of sp³-hybridized carbons (Fsp3) is 0.125. The molecule has 0 radical (unpaired) electrons. The van der Waals surface area contributed by atoms with Gasteiger partial charge in [0.25, 0.3) is 0 Å². The molecule has 0 aliphatic heterocycles. The first-order valence-electron chi connectivity index (χ1n) is 6.73. The Bertz CT molecular complexity index is 934. The lowest BCUT2D eigenvalue weighted by molar-refractivity contribution is -0.274. The van der Waals surface area contributed by atoms with E-state index >= 15 is 0 Å². The van der Waals surface area contributed by atoms with E-state index in [9.17, 15) is 23.1 Å². The largest absolute Gasteiger partial charge is 0.573 e. The van der Waals surface area contributed by atoms with Crippen LogP contribution in [0.2, 0.25) is 0 Å². The van der Waals surface area contributed by atoms with E-state index in [1.165, 1.54) is 23.5 Å². The summed E-state index contributed by atoms with van der Waals surface area (Å²) < 4.78 is 40.9. The molecule has 0 amide bonds. The fourth-order valence-electron chi connectivity index (χ4n) is 2.28. The summed E-state index contributed by atoms with van der Waals surface area (Å²) >= 11 is 1.45. The number of fused-ring (bicyclic) bond motifs is 1. The number of carboxylic acid groups (broad SMARTS) is 1. The molecule has 1 N–H and O–H groups in total. The normalized spacial score (nSPS) is 11.7. The van der Waals surface area contributed by atoms with Gasteiger partial charge in [-0.15, -0.1) is 24.5 Å². The maximum Gasteiger partial charge on any atom is 0.573 e. The van der Waals surface area contributed by atoms with Gasteiger partial charge in [-0.2, -0.15) is 0 Å². The summed E-state index contributed by atoms with van der Waals surface area (Å²) in [6.07, 6.45) is -4.85. The number of ether oxygens (including phenoxy) is 1. The zero-order valence-corrected chi connectivity index (χ0v) is 13.0. The molecule has 0 atom stereocenters. The minimum atomic E-state index is -4.85. The second kappa shape index (κ2) is 5.79. The van der Waals surface area contributed by atoms with Gasteiger partial charge >= 0.3 is 12.3 Å². The van der Waals surface area contributed by atoms with Crippen LogP contribution in [-0.2, 0) is 0 Å². The number of hydrogen-bond acceptors (Lipinski definition) is 4. The first-order chi connectivity index (χ1) is 11.2. The van der Waals surface area contributed by atoms with E-state index in [4.69, 9.17) is 0 Å². The van der Waals surface area contributed by atoms with E-state index in [0.717, 1.165) is 21.9 Å².